The van der Waals surface area contributed by atoms with Gasteiger partial charge in [0.25, 0.3) is 5.91 Å². The number of carbonyl (C=O) groups is 1. The number of nitrogens with one attached hydrogen (secondary N) is 1. The van der Waals surface area contributed by atoms with Crippen LogP contribution in [0.15, 0.2) is 88.2 Å². The Balaban J connectivity index is 1.43. The van der Waals surface area contributed by atoms with E-state index in [0.717, 1.165) is 5.56 Å². The van der Waals surface area contributed by atoms with Gasteiger partial charge in [-0.2, -0.15) is 4.31 Å². The smallest absolute Gasteiger partial charge is 0.322 e. The van der Waals surface area contributed by atoms with Crippen LogP contribution in [0.1, 0.15) is 15.9 Å². The van der Waals surface area contributed by atoms with Crippen LogP contribution in [0.3, 0.4) is 0 Å². The van der Waals surface area contributed by atoms with E-state index < -0.39 is 21.7 Å². The van der Waals surface area contributed by atoms with Gasteiger partial charge in [0.1, 0.15) is 5.82 Å². The third kappa shape index (κ3) is 5.13. The molecule has 0 atom stereocenters. The van der Waals surface area contributed by atoms with E-state index in [1.807, 2.05) is 30.3 Å². The van der Waals surface area contributed by atoms with E-state index in [0.29, 0.717) is 5.56 Å². The second-order valence-corrected chi connectivity index (χ2v) is 9.19. The van der Waals surface area contributed by atoms with Gasteiger partial charge in [-0.15, -0.1) is 5.10 Å². The zero-order valence-electron chi connectivity index (χ0n) is 17.5. The topological polar surface area (TPSA) is 105 Å². The van der Waals surface area contributed by atoms with Crippen LogP contribution in [0.4, 0.5) is 10.4 Å². The van der Waals surface area contributed by atoms with Gasteiger partial charge in [0.05, 0.1) is 4.90 Å². The Labute approximate surface area is 189 Å². The second-order valence-electron chi connectivity index (χ2n) is 7.14. The average molecular weight is 466 g/mol. The SMILES string of the molecule is CN(Cc1ccccc1)S(=O)(=O)c1ccc(C(=O)Nc2nnc(-c3ccc(F)cc3)o2)cc1. The largest absolute Gasteiger partial charge is 0.403 e. The Morgan fingerprint density at radius 2 is 1.64 bits per heavy atom. The third-order valence-corrected chi connectivity index (χ3v) is 6.63. The lowest BCUT2D eigenvalue weighted by molar-refractivity contribution is 0.102. The monoisotopic (exact) mass is 466 g/mol. The molecule has 0 spiro atoms. The molecule has 0 radical (unpaired) electrons. The number of sulfonamides is 1. The molecule has 0 aliphatic carbocycles. The number of hydrogen-bond acceptors (Lipinski definition) is 6. The van der Waals surface area contributed by atoms with Gasteiger partial charge in [0.2, 0.25) is 15.9 Å². The van der Waals surface area contributed by atoms with Crippen molar-refractivity contribution < 1.29 is 22.0 Å². The molecule has 33 heavy (non-hydrogen) atoms. The zero-order valence-corrected chi connectivity index (χ0v) is 18.3. The summed E-state index contributed by atoms with van der Waals surface area (Å²) in [5.41, 5.74) is 1.57. The second kappa shape index (κ2) is 9.31. The first-order valence-electron chi connectivity index (χ1n) is 9.84. The summed E-state index contributed by atoms with van der Waals surface area (Å²) in [6.07, 6.45) is 0. The van der Waals surface area contributed by atoms with E-state index in [2.05, 4.69) is 15.5 Å². The molecule has 0 aliphatic rings. The number of carbonyl (C=O) groups excluding carboxylic acids is 1. The van der Waals surface area contributed by atoms with Crippen LogP contribution in [-0.2, 0) is 16.6 Å². The van der Waals surface area contributed by atoms with Crippen LogP contribution < -0.4 is 5.32 Å². The molecule has 0 unspecified atom stereocenters. The van der Waals surface area contributed by atoms with E-state index in [1.165, 1.54) is 59.9 Å². The highest BCUT2D eigenvalue weighted by molar-refractivity contribution is 7.89. The first-order chi connectivity index (χ1) is 15.8. The van der Waals surface area contributed by atoms with Crippen LogP contribution >= 0.6 is 0 Å². The van der Waals surface area contributed by atoms with Crippen molar-refractivity contribution in [1.29, 1.82) is 0 Å². The molecule has 8 nitrogen and oxygen atoms in total. The summed E-state index contributed by atoms with van der Waals surface area (Å²) in [6, 6.07) is 20.1. The minimum atomic E-state index is -3.73. The average Bonchev–Trinajstić information content (AvgIpc) is 3.28. The van der Waals surface area contributed by atoms with Gasteiger partial charge in [0, 0.05) is 24.7 Å². The summed E-state index contributed by atoms with van der Waals surface area (Å²) in [6.45, 7) is 0.221. The summed E-state index contributed by atoms with van der Waals surface area (Å²) in [7, 11) is -2.24. The van der Waals surface area contributed by atoms with Crippen molar-refractivity contribution >= 4 is 21.9 Å². The molecule has 168 valence electrons. The van der Waals surface area contributed by atoms with Crippen molar-refractivity contribution in [2.45, 2.75) is 11.4 Å². The molecule has 0 bridgehead atoms. The fourth-order valence-electron chi connectivity index (χ4n) is 3.04. The molecule has 1 heterocycles. The number of amides is 1. The van der Waals surface area contributed by atoms with Crippen LogP contribution in [0, 0.1) is 5.82 Å². The lowest BCUT2D eigenvalue weighted by Gasteiger charge is -2.17. The summed E-state index contributed by atoms with van der Waals surface area (Å²) < 4.78 is 45.4. The standard InChI is InChI=1S/C23H19FN4O4S/c1-28(15-16-5-3-2-4-6-16)33(30,31)20-13-9-17(10-14-20)21(29)25-23-27-26-22(32-23)18-7-11-19(24)12-8-18/h2-14H,15H2,1H3,(H,25,27,29). The molecule has 1 amide bonds. The van der Waals surface area contributed by atoms with E-state index in [4.69, 9.17) is 4.42 Å². The van der Waals surface area contributed by atoms with Gasteiger partial charge >= 0.3 is 6.01 Å². The molecular formula is C23H19FN4O4S. The third-order valence-electron chi connectivity index (χ3n) is 4.81. The molecular weight excluding hydrogens is 447 g/mol. The molecule has 10 heteroatoms. The minimum Gasteiger partial charge on any atom is -0.403 e. The molecule has 0 saturated heterocycles. The Bertz CT molecular complexity index is 1360. The van der Waals surface area contributed by atoms with Gasteiger partial charge < -0.3 is 4.42 Å². The van der Waals surface area contributed by atoms with Crippen molar-refractivity contribution in [3.63, 3.8) is 0 Å². The Morgan fingerprint density at radius 3 is 2.30 bits per heavy atom. The first kappa shape index (κ1) is 22.3. The first-order valence-corrected chi connectivity index (χ1v) is 11.3. The highest BCUT2D eigenvalue weighted by atomic mass is 32.2. The van der Waals surface area contributed by atoms with Crippen molar-refractivity contribution in [2.75, 3.05) is 12.4 Å². The highest BCUT2D eigenvalue weighted by Crippen LogP contribution is 2.21. The van der Waals surface area contributed by atoms with Crippen LogP contribution in [0.2, 0.25) is 0 Å². The highest BCUT2D eigenvalue weighted by Gasteiger charge is 2.21. The van der Waals surface area contributed by atoms with Crippen molar-refractivity contribution in [3.8, 4) is 11.5 Å². The maximum absolute atomic E-state index is 13.0. The van der Waals surface area contributed by atoms with Crippen molar-refractivity contribution in [2.24, 2.45) is 0 Å². The summed E-state index contributed by atoms with van der Waals surface area (Å²) in [5, 5.41) is 10.0. The van der Waals surface area contributed by atoms with Crippen molar-refractivity contribution in [1.82, 2.24) is 14.5 Å². The van der Waals surface area contributed by atoms with Crippen LogP contribution in [-0.4, -0.2) is 35.9 Å². The summed E-state index contributed by atoms with van der Waals surface area (Å²) in [4.78, 5) is 12.6. The molecule has 3 aromatic carbocycles. The molecule has 0 fully saturated rings. The van der Waals surface area contributed by atoms with E-state index in [1.54, 1.807) is 0 Å². The molecule has 4 rings (SSSR count). The molecule has 1 N–H and O–H groups in total. The summed E-state index contributed by atoms with van der Waals surface area (Å²) >= 11 is 0. The number of benzene rings is 3. The number of halogens is 1. The number of hydrogen-bond donors (Lipinski definition) is 1. The predicted molar refractivity (Wildman–Crippen MR) is 119 cm³/mol. The number of nitrogens with zero attached hydrogens (tertiary/aromatic N) is 3. The van der Waals surface area contributed by atoms with Gasteiger partial charge in [-0.1, -0.05) is 35.4 Å². The predicted octanol–water partition coefficient (Wildman–Crippen LogP) is 3.95. The Hall–Kier alpha value is -3.89. The fraction of sp³-hybridized carbons (Fsp3) is 0.0870. The molecule has 4 aromatic rings. The van der Waals surface area contributed by atoms with Crippen LogP contribution in [0.25, 0.3) is 11.5 Å². The maximum atomic E-state index is 13.0. The minimum absolute atomic E-state index is 0.0638. The van der Waals surface area contributed by atoms with Crippen molar-refractivity contribution in [3.05, 3.63) is 95.8 Å². The number of anilines is 1. The molecule has 0 saturated carbocycles. The number of aromatic nitrogens is 2. The fourth-order valence-corrected chi connectivity index (χ4v) is 4.19. The van der Waals surface area contributed by atoms with Gasteiger partial charge in [-0.25, -0.2) is 12.8 Å². The van der Waals surface area contributed by atoms with Gasteiger partial charge in [-0.05, 0) is 54.1 Å². The lowest BCUT2D eigenvalue weighted by atomic mass is 10.2. The summed E-state index contributed by atoms with van der Waals surface area (Å²) in [5.74, 6) is -0.831. The van der Waals surface area contributed by atoms with Crippen LogP contribution in [0.5, 0.6) is 0 Å². The molecule has 1 aromatic heterocycles. The quantitative estimate of drug-likeness (QED) is 0.442. The van der Waals surface area contributed by atoms with E-state index in [9.17, 15) is 17.6 Å². The molecule has 0 aliphatic heterocycles. The zero-order chi connectivity index (χ0) is 23.4. The van der Waals surface area contributed by atoms with E-state index in [-0.39, 0.29) is 28.9 Å². The Morgan fingerprint density at radius 1 is 0.970 bits per heavy atom. The lowest BCUT2D eigenvalue weighted by Crippen LogP contribution is -2.26. The maximum Gasteiger partial charge on any atom is 0.322 e. The number of rotatable bonds is 7. The Kier molecular flexibility index (Phi) is 6.29. The van der Waals surface area contributed by atoms with Gasteiger partial charge in [0.15, 0.2) is 0 Å². The van der Waals surface area contributed by atoms with Gasteiger partial charge in [-0.3, -0.25) is 10.1 Å². The normalized spacial score (nSPS) is 11.5. The van der Waals surface area contributed by atoms with E-state index >= 15 is 0 Å².